The molecule has 1 amide bonds. The zero-order valence-corrected chi connectivity index (χ0v) is 15.5. The summed E-state index contributed by atoms with van der Waals surface area (Å²) in [5.41, 5.74) is 0.377. The highest BCUT2D eigenvalue weighted by molar-refractivity contribution is 7.90. The van der Waals surface area contributed by atoms with Crippen molar-refractivity contribution in [3.63, 3.8) is 0 Å². The number of nitrogens with one attached hydrogen (secondary N) is 1. The molecule has 1 unspecified atom stereocenters. The quantitative estimate of drug-likeness (QED) is 0.684. The van der Waals surface area contributed by atoms with Crippen molar-refractivity contribution in [2.75, 3.05) is 0 Å². The zero-order chi connectivity index (χ0) is 18.3. The van der Waals surface area contributed by atoms with Crippen LogP contribution in [0.5, 0.6) is 0 Å². The molecule has 0 spiro atoms. The molecule has 0 aliphatic rings. The average molecular weight is 363 g/mol. The van der Waals surface area contributed by atoms with Gasteiger partial charge in [-0.05, 0) is 31.5 Å². The summed E-state index contributed by atoms with van der Waals surface area (Å²) in [6.45, 7) is 4.07. The van der Waals surface area contributed by atoms with Crippen molar-refractivity contribution >= 4 is 15.7 Å². The van der Waals surface area contributed by atoms with E-state index in [1.54, 1.807) is 30.3 Å². The van der Waals surface area contributed by atoms with Gasteiger partial charge in [-0.15, -0.1) is 0 Å². The Labute approximate surface area is 149 Å². The Morgan fingerprint density at radius 1 is 1.16 bits per heavy atom. The van der Waals surface area contributed by atoms with Crippen molar-refractivity contribution in [2.24, 2.45) is 0 Å². The highest BCUT2D eigenvalue weighted by atomic mass is 32.2. The van der Waals surface area contributed by atoms with Gasteiger partial charge < -0.3 is 9.73 Å². The molecule has 0 fully saturated rings. The molecule has 0 radical (unpaired) electrons. The van der Waals surface area contributed by atoms with E-state index in [2.05, 4.69) is 12.2 Å². The summed E-state index contributed by atoms with van der Waals surface area (Å²) in [6.07, 6.45) is 5.54. The second-order valence-electron chi connectivity index (χ2n) is 6.22. The first-order valence-electron chi connectivity index (χ1n) is 8.59. The molecule has 2 rings (SSSR count). The summed E-state index contributed by atoms with van der Waals surface area (Å²) in [7, 11) is -3.53. The fourth-order valence-corrected chi connectivity index (χ4v) is 4.00. The van der Waals surface area contributed by atoms with Gasteiger partial charge in [-0.1, -0.05) is 44.4 Å². The summed E-state index contributed by atoms with van der Waals surface area (Å²) in [5, 5.41) is 2.88. The maximum Gasteiger partial charge on any atom is 0.287 e. The first-order chi connectivity index (χ1) is 11.9. The van der Waals surface area contributed by atoms with Crippen LogP contribution < -0.4 is 5.32 Å². The Kier molecular flexibility index (Phi) is 6.82. The molecule has 0 aliphatic carbocycles. The van der Waals surface area contributed by atoms with Crippen LogP contribution in [0.1, 0.15) is 55.6 Å². The lowest BCUT2D eigenvalue weighted by Crippen LogP contribution is -2.32. The smallest absolute Gasteiger partial charge is 0.287 e. The van der Waals surface area contributed by atoms with Gasteiger partial charge in [0.1, 0.15) is 0 Å². The third-order valence-electron chi connectivity index (χ3n) is 4.02. The summed E-state index contributed by atoms with van der Waals surface area (Å²) >= 11 is 0. The molecule has 1 aromatic heterocycles. The molecule has 5 nitrogen and oxygen atoms in total. The maximum atomic E-state index is 12.5. The molecule has 6 heteroatoms. The highest BCUT2D eigenvalue weighted by Crippen LogP contribution is 2.20. The van der Waals surface area contributed by atoms with Crippen molar-refractivity contribution in [3.8, 4) is 0 Å². The van der Waals surface area contributed by atoms with Gasteiger partial charge in [0.25, 0.3) is 5.91 Å². The number of sulfone groups is 1. The van der Waals surface area contributed by atoms with Crippen LogP contribution in [-0.4, -0.2) is 20.4 Å². The second kappa shape index (κ2) is 8.85. The molecule has 1 aromatic carbocycles. The lowest BCUT2D eigenvalue weighted by Gasteiger charge is -2.13. The van der Waals surface area contributed by atoms with Crippen molar-refractivity contribution in [1.29, 1.82) is 0 Å². The number of unbranched alkanes of at least 4 members (excludes halogenated alkanes) is 2. The first-order valence-corrected chi connectivity index (χ1v) is 10.2. The molecule has 0 aliphatic heterocycles. The standard InChI is InChI=1S/C19H25NO4S/c1-3-4-6-9-15(2)20-19(21)18-16(12-13-24-18)14-25(22,23)17-10-7-5-8-11-17/h5,7-8,10-13,15H,3-4,6,9,14H2,1-2H3,(H,20,21). The van der Waals surface area contributed by atoms with Crippen molar-refractivity contribution in [3.05, 3.63) is 54.0 Å². The number of benzene rings is 1. The first kappa shape index (κ1) is 19.2. The van der Waals surface area contributed by atoms with Crippen molar-refractivity contribution in [1.82, 2.24) is 5.32 Å². The van der Waals surface area contributed by atoms with E-state index in [0.29, 0.717) is 5.56 Å². The van der Waals surface area contributed by atoms with Gasteiger partial charge in [0, 0.05) is 11.6 Å². The number of rotatable bonds is 9. The molecule has 1 N–H and O–H groups in total. The Morgan fingerprint density at radius 2 is 1.88 bits per heavy atom. The van der Waals surface area contributed by atoms with Gasteiger partial charge in [-0.3, -0.25) is 4.79 Å². The van der Waals surface area contributed by atoms with E-state index >= 15 is 0 Å². The normalized spacial score (nSPS) is 12.7. The van der Waals surface area contributed by atoms with Crippen LogP contribution in [-0.2, 0) is 15.6 Å². The summed E-state index contributed by atoms with van der Waals surface area (Å²) in [5.74, 6) is -0.561. The predicted octanol–water partition coefficient (Wildman–Crippen LogP) is 3.95. The van der Waals surface area contributed by atoms with E-state index in [-0.39, 0.29) is 28.4 Å². The lowest BCUT2D eigenvalue weighted by atomic mass is 10.1. The summed E-state index contributed by atoms with van der Waals surface area (Å²) < 4.78 is 30.3. The van der Waals surface area contributed by atoms with Crippen LogP contribution >= 0.6 is 0 Å². The third-order valence-corrected chi connectivity index (χ3v) is 5.70. The van der Waals surface area contributed by atoms with E-state index in [1.165, 1.54) is 12.3 Å². The van der Waals surface area contributed by atoms with Crippen LogP contribution in [0, 0.1) is 0 Å². The van der Waals surface area contributed by atoms with E-state index in [4.69, 9.17) is 4.42 Å². The Morgan fingerprint density at radius 3 is 2.56 bits per heavy atom. The van der Waals surface area contributed by atoms with Crippen LogP contribution in [0.15, 0.2) is 52.0 Å². The van der Waals surface area contributed by atoms with Gasteiger partial charge in [0.2, 0.25) is 0 Å². The molecule has 0 saturated heterocycles. The van der Waals surface area contributed by atoms with E-state index < -0.39 is 9.84 Å². The molecule has 0 saturated carbocycles. The SMILES string of the molecule is CCCCCC(C)NC(=O)c1occc1CS(=O)(=O)c1ccccc1. The zero-order valence-electron chi connectivity index (χ0n) is 14.7. The molecule has 1 atom stereocenters. The minimum Gasteiger partial charge on any atom is -0.459 e. The number of hydrogen-bond acceptors (Lipinski definition) is 4. The molecule has 25 heavy (non-hydrogen) atoms. The minimum absolute atomic E-state index is 0.0164. The van der Waals surface area contributed by atoms with Gasteiger partial charge in [0.05, 0.1) is 16.9 Å². The number of furan rings is 1. The third kappa shape index (κ3) is 5.46. The van der Waals surface area contributed by atoms with Crippen LogP contribution in [0.4, 0.5) is 0 Å². The molecule has 136 valence electrons. The topological polar surface area (TPSA) is 76.4 Å². The van der Waals surface area contributed by atoms with Crippen LogP contribution in [0.2, 0.25) is 0 Å². The Bertz CT molecular complexity index is 781. The van der Waals surface area contributed by atoms with Gasteiger partial charge in [0.15, 0.2) is 15.6 Å². The van der Waals surface area contributed by atoms with E-state index in [9.17, 15) is 13.2 Å². The van der Waals surface area contributed by atoms with Crippen LogP contribution in [0.25, 0.3) is 0 Å². The van der Waals surface area contributed by atoms with Gasteiger partial charge in [-0.2, -0.15) is 0 Å². The molecule has 2 aromatic rings. The van der Waals surface area contributed by atoms with Crippen molar-refractivity contribution in [2.45, 2.75) is 56.2 Å². The number of hydrogen-bond donors (Lipinski definition) is 1. The number of amides is 1. The Balaban J connectivity index is 2.06. The molecular formula is C19H25NO4S. The molecule has 0 bridgehead atoms. The highest BCUT2D eigenvalue weighted by Gasteiger charge is 2.23. The fraction of sp³-hybridized carbons (Fsp3) is 0.421. The average Bonchev–Trinajstić information content (AvgIpc) is 3.03. The lowest BCUT2D eigenvalue weighted by molar-refractivity contribution is 0.0909. The summed E-state index contributed by atoms with van der Waals surface area (Å²) in [4.78, 5) is 12.6. The van der Waals surface area contributed by atoms with Crippen molar-refractivity contribution < 1.29 is 17.6 Å². The second-order valence-corrected chi connectivity index (χ2v) is 8.21. The maximum absolute atomic E-state index is 12.5. The molecular weight excluding hydrogens is 338 g/mol. The largest absolute Gasteiger partial charge is 0.459 e. The number of carbonyl (C=O) groups is 1. The predicted molar refractivity (Wildman–Crippen MR) is 97.1 cm³/mol. The van der Waals surface area contributed by atoms with E-state index in [1.807, 2.05) is 6.92 Å². The fourth-order valence-electron chi connectivity index (χ4n) is 2.63. The van der Waals surface area contributed by atoms with Crippen LogP contribution in [0.3, 0.4) is 0 Å². The molecule has 1 heterocycles. The van der Waals surface area contributed by atoms with E-state index in [0.717, 1.165) is 25.7 Å². The minimum atomic E-state index is -3.53. The Hall–Kier alpha value is -2.08. The summed E-state index contributed by atoms with van der Waals surface area (Å²) in [6, 6.07) is 9.76. The van der Waals surface area contributed by atoms with Gasteiger partial charge in [-0.25, -0.2) is 8.42 Å². The number of carbonyl (C=O) groups excluding carboxylic acids is 1. The van der Waals surface area contributed by atoms with Gasteiger partial charge >= 0.3 is 0 Å². The monoisotopic (exact) mass is 363 g/mol.